The Hall–Kier alpha value is -5.06. The molecule has 11 nitrogen and oxygen atoms in total. The molecule has 2 atom stereocenters. The van der Waals surface area contributed by atoms with Gasteiger partial charge in [0.2, 0.25) is 11.8 Å². The maximum Gasteiger partial charge on any atom is 0.324 e. The lowest BCUT2D eigenvalue weighted by molar-refractivity contribution is -0.132. The predicted octanol–water partition coefficient (Wildman–Crippen LogP) is 3.53. The zero-order chi connectivity index (χ0) is 29.1. The molecule has 11 heteroatoms. The molecule has 42 heavy (non-hydrogen) atoms. The van der Waals surface area contributed by atoms with E-state index in [0.29, 0.717) is 31.6 Å². The summed E-state index contributed by atoms with van der Waals surface area (Å²) in [6.45, 7) is 2.48. The molecule has 2 aromatic heterocycles. The summed E-state index contributed by atoms with van der Waals surface area (Å²) in [6.07, 6.45) is 8.21. The number of rotatable bonds is 7. The number of nitrogens with zero attached hydrogens (tertiary/aromatic N) is 4. The van der Waals surface area contributed by atoms with E-state index >= 15 is 0 Å². The van der Waals surface area contributed by atoms with E-state index in [9.17, 15) is 14.4 Å². The third kappa shape index (κ3) is 5.45. The van der Waals surface area contributed by atoms with Gasteiger partial charge in [-0.1, -0.05) is 29.4 Å². The molecule has 0 radical (unpaired) electrons. The maximum absolute atomic E-state index is 13.5. The monoisotopic (exact) mass is 565 g/mol. The van der Waals surface area contributed by atoms with Crippen LogP contribution in [-0.4, -0.2) is 56.7 Å². The van der Waals surface area contributed by atoms with Gasteiger partial charge in [0.05, 0.1) is 17.9 Å². The molecule has 0 bridgehead atoms. The van der Waals surface area contributed by atoms with E-state index in [1.54, 1.807) is 24.8 Å². The minimum Gasteiger partial charge on any atom is -0.357 e. The number of aromatic amines is 1. The summed E-state index contributed by atoms with van der Waals surface area (Å²) in [4.78, 5) is 50.8. The number of nitrogens with one attached hydrogen (secondary N) is 3. The molecule has 0 aliphatic carbocycles. The number of piperidine rings is 1. The quantitative estimate of drug-likeness (QED) is 0.313. The van der Waals surface area contributed by atoms with Crippen LogP contribution in [0.3, 0.4) is 0 Å². The first kappa shape index (κ1) is 27.1. The maximum atomic E-state index is 13.5. The van der Waals surface area contributed by atoms with Crippen molar-refractivity contribution in [2.45, 2.75) is 50.6 Å². The molecule has 214 valence electrons. The fourth-order valence-electron chi connectivity index (χ4n) is 5.73. The molecule has 0 saturated carbocycles. The number of carbonyl (C=O) groups excluding carboxylic acids is 3. The Morgan fingerprint density at radius 2 is 1.98 bits per heavy atom. The standard InChI is InChI=1S/C31H31N7O4/c1-20-14-22(15-23-18-34-37-28(20)23)6-7-25(29(40)33-17-21-8-11-32-12-9-21)36-30(41)38-13-10-31(16-27(38)39)19-35-42-26-5-3-2-4-24(26)31/h2-5,8-9,11-12,14-15,18-19,25H,6-7,10,13,16-17H2,1H3,(H,33,40)(H,34,37)(H,36,41). The number of carbonyl (C=O) groups is 3. The van der Waals surface area contributed by atoms with Crippen LogP contribution in [0.5, 0.6) is 5.75 Å². The molecular formula is C31H31N7O4. The average molecular weight is 566 g/mol. The molecule has 2 aromatic carbocycles. The van der Waals surface area contributed by atoms with Crippen LogP contribution in [0.15, 0.2) is 72.3 Å². The SMILES string of the molecule is Cc1cc(CCC(NC(=O)N2CCC3(C=NOc4ccccc43)CC2=O)C(=O)NCc2ccncc2)cc2cn[nH]c12. The highest BCUT2D eigenvalue weighted by atomic mass is 16.6. The van der Waals surface area contributed by atoms with Crippen molar-refractivity contribution in [3.63, 3.8) is 0 Å². The number of benzene rings is 2. The number of hydrogen-bond donors (Lipinski definition) is 3. The Morgan fingerprint density at radius 1 is 1.14 bits per heavy atom. The van der Waals surface area contributed by atoms with Gasteiger partial charge in [0, 0.05) is 48.3 Å². The molecule has 1 spiro atoms. The molecule has 4 aromatic rings. The van der Waals surface area contributed by atoms with E-state index in [1.807, 2.05) is 49.4 Å². The van der Waals surface area contributed by atoms with E-state index in [4.69, 9.17) is 4.84 Å². The number of imide groups is 1. The fraction of sp³-hybridized carbons (Fsp3) is 0.290. The second kappa shape index (κ2) is 11.4. The summed E-state index contributed by atoms with van der Waals surface area (Å²) in [5.74, 6) is -0.0490. The minimum absolute atomic E-state index is 0.0766. The number of oxime groups is 1. The van der Waals surface area contributed by atoms with Crippen LogP contribution in [0.1, 0.15) is 41.5 Å². The van der Waals surface area contributed by atoms with Gasteiger partial charge >= 0.3 is 6.03 Å². The summed E-state index contributed by atoms with van der Waals surface area (Å²) in [5, 5.41) is 17.9. The van der Waals surface area contributed by atoms with Gasteiger partial charge in [0.25, 0.3) is 0 Å². The fourth-order valence-corrected chi connectivity index (χ4v) is 5.73. The van der Waals surface area contributed by atoms with Crippen molar-refractivity contribution in [3.05, 3.63) is 89.4 Å². The molecule has 1 saturated heterocycles. The van der Waals surface area contributed by atoms with Crippen molar-refractivity contribution < 1.29 is 19.2 Å². The van der Waals surface area contributed by atoms with Crippen LogP contribution in [0.2, 0.25) is 0 Å². The van der Waals surface area contributed by atoms with Gasteiger partial charge in [0.15, 0.2) is 5.75 Å². The van der Waals surface area contributed by atoms with E-state index in [-0.39, 0.29) is 24.8 Å². The number of hydrogen-bond acceptors (Lipinski definition) is 7. The Morgan fingerprint density at radius 3 is 2.81 bits per heavy atom. The second-order valence-corrected chi connectivity index (χ2v) is 10.8. The Balaban J connectivity index is 1.16. The van der Waals surface area contributed by atoms with Crippen molar-refractivity contribution >= 4 is 35.0 Å². The normalized spacial score (nSPS) is 18.4. The van der Waals surface area contributed by atoms with Gasteiger partial charge in [-0.2, -0.15) is 5.10 Å². The summed E-state index contributed by atoms with van der Waals surface area (Å²) in [7, 11) is 0. The van der Waals surface area contributed by atoms with Crippen molar-refractivity contribution in [3.8, 4) is 5.75 Å². The second-order valence-electron chi connectivity index (χ2n) is 10.8. The van der Waals surface area contributed by atoms with E-state index in [2.05, 4.69) is 37.0 Å². The van der Waals surface area contributed by atoms with Crippen LogP contribution in [0, 0.1) is 6.92 Å². The largest absolute Gasteiger partial charge is 0.357 e. The smallest absolute Gasteiger partial charge is 0.324 e. The van der Waals surface area contributed by atoms with Crippen LogP contribution in [0.25, 0.3) is 10.9 Å². The lowest BCUT2D eigenvalue weighted by atomic mass is 9.72. The number of fused-ring (bicyclic) bond motifs is 3. The van der Waals surface area contributed by atoms with Crippen molar-refractivity contribution in [1.29, 1.82) is 0 Å². The van der Waals surface area contributed by atoms with Crippen LogP contribution in [-0.2, 0) is 28.0 Å². The first-order chi connectivity index (χ1) is 20.4. The molecule has 4 amide bonds. The van der Waals surface area contributed by atoms with E-state index in [1.165, 1.54) is 4.90 Å². The summed E-state index contributed by atoms with van der Waals surface area (Å²) >= 11 is 0. The average Bonchev–Trinajstić information content (AvgIpc) is 3.48. The van der Waals surface area contributed by atoms with Crippen LogP contribution in [0.4, 0.5) is 4.79 Å². The summed E-state index contributed by atoms with van der Waals surface area (Å²) in [6, 6.07) is 13.8. The van der Waals surface area contributed by atoms with Crippen molar-refractivity contribution in [2.24, 2.45) is 5.16 Å². The van der Waals surface area contributed by atoms with Gasteiger partial charge in [-0.25, -0.2) is 4.79 Å². The van der Waals surface area contributed by atoms with Gasteiger partial charge in [0.1, 0.15) is 6.04 Å². The van der Waals surface area contributed by atoms with E-state index in [0.717, 1.165) is 33.2 Å². The zero-order valence-electron chi connectivity index (χ0n) is 23.2. The highest BCUT2D eigenvalue weighted by molar-refractivity contribution is 6.00. The molecule has 6 rings (SSSR count). The highest BCUT2D eigenvalue weighted by Crippen LogP contribution is 2.41. The minimum atomic E-state index is -0.853. The Labute approximate surface area is 242 Å². The van der Waals surface area contributed by atoms with Crippen molar-refractivity contribution in [2.75, 3.05) is 6.54 Å². The summed E-state index contributed by atoms with van der Waals surface area (Å²) < 4.78 is 0. The number of H-pyrrole nitrogens is 1. The number of pyridine rings is 1. The number of amides is 4. The third-order valence-corrected chi connectivity index (χ3v) is 8.03. The number of likely N-dealkylation sites (tertiary alicyclic amines) is 1. The number of aromatic nitrogens is 3. The Bertz CT molecular complexity index is 1670. The Kier molecular flexibility index (Phi) is 7.39. The molecule has 1 fully saturated rings. The van der Waals surface area contributed by atoms with Crippen LogP contribution < -0.4 is 15.5 Å². The van der Waals surface area contributed by atoms with Gasteiger partial charge in [-0.05, 0) is 67.1 Å². The zero-order valence-corrected chi connectivity index (χ0v) is 23.2. The highest BCUT2D eigenvalue weighted by Gasteiger charge is 2.44. The molecule has 2 aliphatic heterocycles. The topological polar surface area (TPSA) is 142 Å². The third-order valence-electron chi connectivity index (χ3n) is 8.03. The number of urea groups is 1. The first-order valence-corrected chi connectivity index (χ1v) is 13.9. The van der Waals surface area contributed by atoms with Gasteiger partial charge < -0.3 is 15.5 Å². The van der Waals surface area contributed by atoms with Gasteiger partial charge in [-0.15, -0.1) is 0 Å². The van der Waals surface area contributed by atoms with E-state index < -0.39 is 17.5 Å². The lowest BCUT2D eigenvalue weighted by Gasteiger charge is -2.40. The lowest BCUT2D eigenvalue weighted by Crippen LogP contribution is -2.56. The molecule has 4 heterocycles. The molecule has 2 aliphatic rings. The van der Waals surface area contributed by atoms with Gasteiger partial charge in [-0.3, -0.25) is 24.6 Å². The number of aryl methyl sites for hydroxylation is 2. The van der Waals surface area contributed by atoms with Crippen molar-refractivity contribution in [1.82, 2.24) is 30.7 Å². The van der Waals surface area contributed by atoms with Crippen LogP contribution >= 0.6 is 0 Å². The molecular weight excluding hydrogens is 534 g/mol. The number of para-hydroxylation sites is 1. The predicted molar refractivity (Wildman–Crippen MR) is 156 cm³/mol. The first-order valence-electron chi connectivity index (χ1n) is 13.9. The molecule has 2 unspecified atom stereocenters. The summed E-state index contributed by atoms with van der Waals surface area (Å²) in [5.41, 5.74) is 4.18. The molecule has 3 N–H and O–H groups in total.